The lowest BCUT2D eigenvalue weighted by Gasteiger charge is -2.48. The molecule has 1 aliphatic heterocycles. The highest BCUT2D eigenvalue weighted by atomic mass is 16.5. The van der Waals surface area contributed by atoms with Crippen LogP contribution in [0.3, 0.4) is 0 Å². The monoisotopic (exact) mass is 252 g/mol. The molecule has 3 heteroatoms. The summed E-state index contributed by atoms with van der Waals surface area (Å²) in [5, 5.41) is 3.84. The lowest BCUT2D eigenvalue weighted by atomic mass is 9.80. The molecule has 0 aromatic heterocycles. The van der Waals surface area contributed by atoms with Gasteiger partial charge in [-0.1, -0.05) is 19.3 Å². The van der Waals surface area contributed by atoms with Crippen molar-refractivity contribution in [3.8, 4) is 0 Å². The molecule has 1 heterocycles. The fourth-order valence-electron chi connectivity index (χ4n) is 4.43. The van der Waals surface area contributed by atoms with E-state index in [0.29, 0.717) is 17.7 Å². The summed E-state index contributed by atoms with van der Waals surface area (Å²) >= 11 is 0. The van der Waals surface area contributed by atoms with Gasteiger partial charge in [0.25, 0.3) is 0 Å². The molecule has 0 aromatic carbocycles. The molecule has 3 rings (SSSR count). The average molecular weight is 252 g/mol. The predicted octanol–water partition coefficient (Wildman–Crippen LogP) is 2.16. The molecule has 3 fully saturated rings. The SMILES string of the molecule is COC1CCCC1N1CCNC2(CCCCC2)C1. The maximum absolute atomic E-state index is 5.69. The van der Waals surface area contributed by atoms with Crippen LogP contribution in [0.15, 0.2) is 0 Å². The van der Waals surface area contributed by atoms with Crippen molar-refractivity contribution < 1.29 is 4.74 Å². The first-order valence-electron chi connectivity index (χ1n) is 7.85. The molecule has 1 N–H and O–H groups in total. The molecule has 0 amide bonds. The van der Waals surface area contributed by atoms with Gasteiger partial charge in [-0.2, -0.15) is 0 Å². The van der Waals surface area contributed by atoms with Gasteiger partial charge in [-0.05, 0) is 32.1 Å². The molecule has 0 radical (unpaired) electrons. The smallest absolute Gasteiger partial charge is 0.0726 e. The fourth-order valence-corrected chi connectivity index (χ4v) is 4.43. The second-order valence-corrected chi connectivity index (χ2v) is 6.51. The Bertz CT molecular complexity index is 270. The zero-order valence-electron chi connectivity index (χ0n) is 11.8. The third kappa shape index (κ3) is 2.45. The summed E-state index contributed by atoms with van der Waals surface area (Å²) in [6, 6.07) is 0.691. The summed E-state index contributed by atoms with van der Waals surface area (Å²) in [4.78, 5) is 2.74. The summed E-state index contributed by atoms with van der Waals surface area (Å²) in [6.45, 7) is 3.65. The van der Waals surface area contributed by atoms with E-state index in [9.17, 15) is 0 Å². The number of nitrogens with one attached hydrogen (secondary N) is 1. The number of rotatable bonds is 2. The van der Waals surface area contributed by atoms with Gasteiger partial charge in [0.1, 0.15) is 0 Å². The minimum Gasteiger partial charge on any atom is -0.380 e. The molecule has 1 spiro atoms. The van der Waals surface area contributed by atoms with Gasteiger partial charge in [-0.15, -0.1) is 0 Å². The van der Waals surface area contributed by atoms with Crippen LogP contribution in [0.2, 0.25) is 0 Å². The van der Waals surface area contributed by atoms with Crippen LogP contribution >= 0.6 is 0 Å². The predicted molar refractivity (Wildman–Crippen MR) is 73.8 cm³/mol. The van der Waals surface area contributed by atoms with Crippen molar-refractivity contribution in [2.45, 2.75) is 69.1 Å². The van der Waals surface area contributed by atoms with E-state index in [0.717, 1.165) is 0 Å². The Hall–Kier alpha value is -0.120. The molecular formula is C15H28N2O. The van der Waals surface area contributed by atoms with Crippen LogP contribution in [0, 0.1) is 0 Å². The second kappa shape index (κ2) is 5.48. The molecule has 2 atom stereocenters. The molecule has 0 bridgehead atoms. The van der Waals surface area contributed by atoms with E-state index in [2.05, 4.69) is 10.2 Å². The quantitative estimate of drug-likeness (QED) is 0.815. The maximum atomic E-state index is 5.69. The van der Waals surface area contributed by atoms with Crippen molar-refractivity contribution in [3.63, 3.8) is 0 Å². The highest BCUT2D eigenvalue weighted by Crippen LogP contribution is 2.34. The van der Waals surface area contributed by atoms with Gasteiger partial charge in [0.05, 0.1) is 6.10 Å². The van der Waals surface area contributed by atoms with Crippen LogP contribution in [-0.2, 0) is 4.74 Å². The molecule has 3 aliphatic rings. The molecule has 1 saturated heterocycles. The first kappa shape index (κ1) is 12.9. The van der Waals surface area contributed by atoms with Gasteiger partial charge in [0.2, 0.25) is 0 Å². The maximum Gasteiger partial charge on any atom is 0.0726 e. The van der Waals surface area contributed by atoms with Crippen LogP contribution < -0.4 is 5.32 Å². The topological polar surface area (TPSA) is 24.5 Å². The standard InChI is InChI=1S/C15H28N2O/c1-18-14-7-5-6-13(14)17-11-10-16-15(12-17)8-3-2-4-9-15/h13-14,16H,2-12H2,1H3. The van der Waals surface area contributed by atoms with Crippen LogP contribution in [0.25, 0.3) is 0 Å². The summed E-state index contributed by atoms with van der Waals surface area (Å²) in [5.74, 6) is 0. The van der Waals surface area contributed by atoms with Gasteiger partial charge < -0.3 is 10.1 Å². The van der Waals surface area contributed by atoms with E-state index in [1.807, 2.05) is 7.11 Å². The first-order valence-corrected chi connectivity index (χ1v) is 7.85. The van der Waals surface area contributed by atoms with Crippen molar-refractivity contribution in [1.29, 1.82) is 0 Å². The number of nitrogens with zero attached hydrogens (tertiary/aromatic N) is 1. The first-order chi connectivity index (χ1) is 8.83. The van der Waals surface area contributed by atoms with Crippen LogP contribution in [-0.4, -0.2) is 49.3 Å². The Morgan fingerprint density at radius 3 is 2.72 bits per heavy atom. The zero-order chi connectivity index (χ0) is 12.4. The Labute approximate surface area is 111 Å². The molecule has 2 saturated carbocycles. The summed E-state index contributed by atoms with van der Waals surface area (Å²) in [6.07, 6.45) is 11.5. The van der Waals surface area contributed by atoms with Gasteiger partial charge in [0.15, 0.2) is 0 Å². The lowest BCUT2D eigenvalue weighted by molar-refractivity contribution is -0.000449. The minimum atomic E-state index is 0.442. The van der Waals surface area contributed by atoms with Crippen molar-refractivity contribution in [1.82, 2.24) is 10.2 Å². The van der Waals surface area contributed by atoms with Gasteiger partial charge in [0, 0.05) is 38.3 Å². The number of hydrogen-bond acceptors (Lipinski definition) is 3. The highest BCUT2D eigenvalue weighted by molar-refractivity contribution is 5.00. The minimum absolute atomic E-state index is 0.442. The lowest BCUT2D eigenvalue weighted by Crippen LogP contribution is -2.63. The summed E-state index contributed by atoms with van der Waals surface area (Å²) in [7, 11) is 1.89. The Balaban J connectivity index is 1.66. The normalized spacial score (nSPS) is 37.2. The Morgan fingerprint density at radius 2 is 1.94 bits per heavy atom. The van der Waals surface area contributed by atoms with E-state index in [4.69, 9.17) is 4.74 Å². The molecule has 18 heavy (non-hydrogen) atoms. The van der Waals surface area contributed by atoms with Crippen LogP contribution in [0.5, 0.6) is 0 Å². The third-order valence-electron chi connectivity index (χ3n) is 5.40. The number of piperazine rings is 1. The fraction of sp³-hybridized carbons (Fsp3) is 1.00. The van der Waals surface area contributed by atoms with Crippen LogP contribution in [0.4, 0.5) is 0 Å². The van der Waals surface area contributed by atoms with Crippen molar-refractivity contribution in [3.05, 3.63) is 0 Å². The van der Waals surface area contributed by atoms with Crippen molar-refractivity contribution in [2.24, 2.45) is 0 Å². The molecule has 2 unspecified atom stereocenters. The summed E-state index contributed by atoms with van der Waals surface area (Å²) < 4.78 is 5.69. The van der Waals surface area contributed by atoms with Crippen LogP contribution in [0.1, 0.15) is 51.4 Å². The number of methoxy groups -OCH3 is 1. The molecule has 0 aromatic rings. The van der Waals surface area contributed by atoms with E-state index in [-0.39, 0.29) is 0 Å². The van der Waals surface area contributed by atoms with E-state index in [1.54, 1.807) is 0 Å². The summed E-state index contributed by atoms with van der Waals surface area (Å²) in [5.41, 5.74) is 0.442. The largest absolute Gasteiger partial charge is 0.380 e. The molecule has 3 nitrogen and oxygen atoms in total. The van der Waals surface area contributed by atoms with Gasteiger partial charge in [-0.3, -0.25) is 4.90 Å². The van der Waals surface area contributed by atoms with Crippen molar-refractivity contribution in [2.75, 3.05) is 26.7 Å². The molecular weight excluding hydrogens is 224 g/mol. The molecule has 104 valence electrons. The van der Waals surface area contributed by atoms with E-state index in [1.165, 1.54) is 71.0 Å². The second-order valence-electron chi connectivity index (χ2n) is 6.51. The number of hydrogen-bond donors (Lipinski definition) is 1. The van der Waals surface area contributed by atoms with Gasteiger partial charge >= 0.3 is 0 Å². The zero-order valence-corrected chi connectivity index (χ0v) is 11.8. The average Bonchev–Trinajstić information content (AvgIpc) is 2.88. The Morgan fingerprint density at radius 1 is 1.11 bits per heavy atom. The highest BCUT2D eigenvalue weighted by Gasteiger charge is 2.41. The molecule has 2 aliphatic carbocycles. The van der Waals surface area contributed by atoms with E-state index >= 15 is 0 Å². The van der Waals surface area contributed by atoms with Gasteiger partial charge in [-0.25, -0.2) is 0 Å². The third-order valence-corrected chi connectivity index (χ3v) is 5.40. The number of ether oxygens (including phenoxy) is 1. The Kier molecular flexibility index (Phi) is 3.92. The van der Waals surface area contributed by atoms with E-state index < -0.39 is 0 Å². The van der Waals surface area contributed by atoms with Crippen molar-refractivity contribution >= 4 is 0 Å².